The molecular weight excluding hydrogens is 292 g/mol. The predicted octanol–water partition coefficient (Wildman–Crippen LogP) is 1.80. The highest BCUT2D eigenvalue weighted by atomic mass is 16.5. The highest BCUT2D eigenvalue weighted by Crippen LogP contribution is 2.17. The Morgan fingerprint density at radius 3 is 2.91 bits per heavy atom. The van der Waals surface area contributed by atoms with Gasteiger partial charge in [-0.05, 0) is 30.2 Å². The number of carbonyl (C=O) groups is 1. The maximum absolute atomic E-state index is 12.2. The first-order valence-corrected chi connectivity index (χ1v) is 7.77. The first-order chi connectivity index (χ1) is 11.2. The molecule has 0 bridgehead atoms. The topological polar surface area (TPSA) is 62.7 Å². The molecule has 120 valence electrons. The second kappa shape index (κ2) is 7.24. The molecule has 2 heterocycles. The minimum absolute atomic E-state index is 0.0472. The zero-order valence-corrected chi connectivity index (χ0v) is 12.9. The lowest BCUT2D eigenvalue weighted by molar-refractivity contribution is -0.129. The van der Waals surface area contributed by atoms with Crippen molar-refractivity contribution >= 4 is 5.91 Å². The van der Waals surface area contributed by atoms with E-state index >= 15 is 0 Å². The van der Waals surface area contributed by atoms with Crippen LogP contribution >= 0.6 is 0 Å². The summed E-state index contributed by atoms with van der Waals surface area (Å²) >= 11 is 0. The number of β-amino-alcohol motifs (C(OH)–C–C–N with tert-alkyl or cyclic N) is 1. The monoisotopic (exact) mass is 312 g/mol. The van der Waals surface area contributed by atoms with Gasteiger partial charge >= 0.3 is 0 Å². The molecule has 1 amide bonds. The molecule has 5 heteroatoms. The van der Waals surface area contributed by atoms with Crippen LogP contribution in [0.15, 0.2) is 48.8 Å². The number of aliphatic hydroxyl groups excluding tert-OH is 1. The van der Waals surface area contributed by atoms with Gasteiger partial charge in [-0.3, -0.25) is 9.78 Å². The molecule has 0 saturated carbocycles. The molecule has 0 radical (unpaired) electrons. The molecule has 0 spiro atoms. The molecule has 5 nitrogen and oxygen atoms in total. The molecule has 3 rings (SSSR count). The first kappa shape index (κ1) is 15.5. The van der Waals surface area contributed by atoms with Gasteiger partial charge in [0.05, 0.1) is 12.5 Å². The van der Waals surface area contributed by atoms with Gasteiger partial charge in [0, 0.05) is 31.0 Å². The molecule has 1 aromatic heterocycles. The summed E-state index contributed by atoms with van der Waals surface area (Å²) in [7, 11) is 0. The highest BCUT2D eigenvalue weighted by molar-refractivity contribution is 5.79. The zero-order valence-electron chi connectivity index (χ0n) is 12.9. The van der Waals surface area contributed by atoms with Crippen LogP contribution in [-0.4, -0.2) is 40.1 Å². The van der Waals surface area contributed by atoms with Gasteiger partial charge < -0.3 is 14.7 Å². The molecule has 1 aromatic carbocycles. The van der Waals surface area contributed by atoms with Gasteiger partial charge in [-0.2, -0.15) is 0 Å². The minimum Gasteiger partial charge on any atom is -0.489 e. The summed E-state index contributed by atoms with van der Waals surface area (Å²) in [6.07, 6.45) is 4.11. The number of ether oxygens (including phenoxy) is 1. The van der Waals surface area contributed by atoms with Crippen LogP contribution in [0.25, 0.3) is 0 Å². The van der Waals surface area contributed by atoms with Crippen LogP contribution in [0.3, 0.4) is 0 Å². The highest BCUT2D eigenvalue weighted by Gasteiger charge is 2.24. The molecule has 1 aliphatic rings. The van der Waals surface area contributed by atoms with Crippen LogP contribution in [0.4, 0.5) is 0 Å². The number of aliphatic hydroxyl groups is 1. The Kier molecular flexibility index (Phi) is 4.88. The fraction of sp³-hybridized carbons (Fsp3) is 0.333. The van der Waals surface area contributed by atoms with E-state index in [1.54, 1.807) is 17.3 Å². The van der Waals surface area contributed by atoms with Crippen molar-refractivity contribution in [3.05, 3.63) is 59.9 Å². The molecule has 1 aliphatic heterocycles. The van der Waals surface area contributed by atoms with Gasteiger partial charge in [0.15, 0.2) is 0 Å². The van der Waals surface area contributed by atoms with Crippen LogP contribution in [0.5, 0.6) is 5.75 Å². The summed E-state index contributed by atoms with van der Waals surface area (Å²) in [5, 5.41) is 9.52. The predicted molar refractivity (Wildman–Crippen MR) is 85.9 cm³/mol. The molecule has 1 atom stereocenters. The van der Waals surface area contributed by atoms with Crippen molar-refractivity contribution in [1.82, 2.24) is 9.88 Å². The maximum atomic E-state index is 12.2. The summed E-state index contributed by atoms with van der Waals surface area (Å²) in [5.74, 6) is 0.784. The number of pyridine rings is 1. The lowest BCUT2D eigenvalue weighted by Crippen LogP contribution is -2.30. The Hall–Kier alpha value is -2.40. The smallest absolute Gasteiger partial charge is 0.227 e. The fourth-order valence-electron chi connectivity index (χ4n) is 2.65. The SMILES string of the molecule is O=C(Cc1cccc(OCc2cccnc2)c1)N1CC[C@H](O)C1. The number of hydrogen-bond donors (Lipinski definition) is 1. The van der Waals surface area contributed by atoms with Crippen LogP contribution in [0.2, 0.25) is 0 Å². The van der Waals surface area contributed by atoms with Crippen LogP contribution < -0.4 is 4.74 Å². The van der Waals surface area contributed by atoms with Gasteiger partial charge in [-0.1, -0.05) is 18.2 Å². The number of amides is 1. The van der Waals surface area contributed by atoms with E-state index in [4.69, 9.17) is 4.74 Å². The van der Waals surface area contributed by atoms with E-state index in [0.717, 1.165) is 16.9 Å². The van der Waals surface area contributed by atoms with E-state index in [-0.39, 0.29) is 12.0 Å². The Balaban J connectivity index is 1.57. The second-order valence-corrected chi connectivity index (χ2v) is 5.76. The van der Waals surface area contributed by atoms with E-state index in [1.807, 2.05) is 36.4 Å². The number of benzene rings is 1. The van der Waals surface area contributed by atoms with Crippen molar-refractivity contribution in [3.63, 3.8) is 0 Å². The molecule has 0 unspecified atom stereocenters. The van der Waals surface area contributed by atoms with Crippen molar-refractivity contribution in [3.8, 4) is 5.75 Å². The van der Waals surface area contributed by atoms with E-state index in [1.165, 1.54) is 0 Å². The third-order valence-corrected chi connectivity index (χ3v) is 3.90. The van der Waals surface area contributed by atoms with Crippen LogP contribution in [-0.2, 0) is 17.8 Å². The summed E-state index contributed by atoms with van der Waals surface area (Å²) < 4.78 is 5.75. The second-order valence-electron chi connectivity index (χ2n) is 5.76. The third-order valence-electron chi connectivity index (χ3n) is 3.90. The summed E-state index contributed by atoms with van der Waals surface area (Å²) in [5.41, 5.74) is 1.92. The maximum Gasteiger partial charge on any atom is 0.227 e. The number of likely N-dealkylation sites (tertiary alicyclic amines) is 1. The zero-order chi connectivity index (χ0) is 16.1. The van der Waals surface area contributed by atoms with Gasteiger partial charge in [0.2, 0.25) is 5.91 Å². The molecule has 1 fully saturated rings. The standard InChI is InChI=1S/C18H20N2O3/c21-16-6-8-20(12-16)18(22)10-14-3-1-5-17(9-14)23-13-15-4-2-7-19-11-15/h1-5,7,9,11,16,21H,6,8,10,12-13H2/t16-/m0/s1. The Morgan fingerprint density at radius 2 is 2.17 bits per heavy atom. The van der Waals surface area contributed by atoms with E-state index < -0.39 is 0 Å². The minimum atomic E-state index is -0.381. The lowest BCUT2D eigenvalue weighted by atomic mass is 10.1. The van der Waals surface area contributed by atoms with Crippen LogP contribution in [0.1, 0.15) is 17.5 Å². The fourth-order valence-corrected chi connectivity index (χ4v) is 2.65. The van der Waals surface area contributed by atoms with E-state index in [9.17, 15) is 9.90 Å². The van der Waals surface area contributed by atoms with E-state index in [2.05, 4.69) is 4.98 Å². The van der Waals surface area contributed by atoms with Crippen molar-refractivity contribution in [2.24, 2.45) is 0 Å². The molecular formula is C18H20N2O3. The van der Waals surface area contributed by atoms with E-state index in [0.29, 0.717) is 32.5 Å². The van der Waals surface area contributed by atoms with Crippen molar-refractivity contribution in [1.29, 1.82) is 0 Å². The normalized spacial score (nSPS) is 17.3. The summed E-state index contributed by atoms with van der Waals surface area (Å²) in [6, 6.07) is 11.4. The van der Waals surface area contributed by atoms with Crippen molar-refractivity contribution < 1.29 is 14.6 Å². The molecule has 0 aliphatic carbocycles. The molecule has 1 N–H and O–H groups in total. The Bertz CT molecular complexity index is 660. The van der Waals surface area contributed by atoms with Gasteiger partial charge in [0.25, 0.3) is 0 Å². The Labute approximate surface area is 135 Å². The molecule has 23 heavy (non-hydrogen) atoms. The lowest BCUT2D eigenvalue weighted by Gasteiger charge is -2.15. The van der Waals surface area contributed by atoms with Gasteiger partial charge in [-0.25, -0.2) is 0 Å². The largest absolute Gasteiger partial charge is 0.489 e. The van der Waals surface area contributed by atoms with Crippen molar-refractivity contribution in [2.45, 2.75) is 25.6 Å². The quantitative estimate of drug-likeness (QED) is 0.914. The van der Waals surface area contributed by atoms with Crippen molar-refractivity contribution in [2.75, 3.05) is 13.1 Å². The average molecular weight is 312 g/mol. The molecule has 1 saturated heterocycles. The number of nitrogens with zero attached hydrogens (tertiary/aromatic N) is 2. The average Bonchev–Trinajstić information content (AvgIpc) is 3.01. The summed E-state index contributed by atoms with van der Waals surface area (Å²) in [4.78, 5) is 18.0. The third kappa shape index (κ3) is 4.29. The molecule has 2 aromatic rings. The van der Waals surface area contributed by atoms with Crippen LogP contribution in [0, 0.1) is 0 Å². The van der Waals surface area contributed by atoms with Gasteiger partial charge in [0.1, 0.15) is 12.4 Å². The van der Waals surface area contributed by atoms with Gasteiger partial charge in [-0.15, -0.1) is 0 Å². The Morgan fingerprint density at radius 1 is 1.30 bits per heavy atom. The number of carbonyl (C=O) groups excluding carboxylic acids is 1. The first-order valence-electron chi connectivity index (χ1n) is 7.77. The number of aromatic nitrogens is 1. The number of rotatable bonds is 5. The number of hydrogen-bond acceptors (Lipinski definition) is 4. The summed E-state index contributed by atoms with van der Waals surface area (Å²) in [6.45, 7) is 1.52.